The third kappa shape index (κ3) is 3.78. The number of nitrogens with one attached hydrogen (secondary N) is 1. The van der Waals surface area contributed by atoms with Crippen LogP contribution >= 0.6 is 0 Å². The SMILES string of the molecule is Cc1ccc(C(C)NC(=O)N2CCC(C(=O)O)CC2)cc1C. The lowest BCUT2D eigenvalue weighted by atomic mass is 9.97. The average molecular weight is 304 g/mol. The van der Waals surface area contributed by atoms with Gasteiger partial charge >= 0.3 is 12.0 Å². The number of amides is 2. The minimum absolute atomic E-state index is 0.0657. The van der Waals surface area contributed by atoms with Gasteiger partial charge in [-0.25, -0.2) is 4.79 Å². The van der Waals surface area contributed by atoms with E-state index >= 15 is 0 Å². The van der Waals surface area contributed by atoms with Crippen LogP contribution in [0.1, 0.15) is 42.5 Å². The number of carboxylic acids is 1. The minimum Gasteiger partial charge on any atom is -0.481 e. The van der Waals surface area contributed by atoms with Crippen molar-refractivity contribution < 1.29 is 14.7 Å². The molecule has 1 heterocycles. The molecule has 5 heteroatoms. The van der Waals surface area contributed by atoms with Crippen LogP contribution in [0.4, 0.5) is 4.79 Å². The maximum Gasteiger partial charge on any atom is 0.317 e. The number of nitrogens with zero attached hydrogens (tertiary/aromatic N) is 1. The molecule has 0 aromatic heterocycles. The molecule has 1 atom stereocenters. The molecule has 1 saturated heterocycles. The molecule has 0 spiro atoms. The first kappa shape index (κ1) is 16.3. The molecule has 0 saturated carbocycles. The standard InChI is InChI=1S/C17H24N2O3/c1-11-4-5-15(10-12(11)2)13(3)18-17(22)19-8-6-14(7-9-19)16(20)21/h4-5,10,13-14H,6-9H2,1-3H3,(H,18,22)(H,20,21). The summed E-state index contributed by atoms with van der Waals surface area (Å²) in [5.74, 6) is -1.08. The van der Waals surface area contributed by atoms with Crippen molar-refractivity contribution in [1.29, 1.82) is 0 Å². The van der Waals surface area contributed by atoms with Gasteiger partial charge in [0, 0.05) is 13.1 Å². The number of piperidine rings is 1. The number of urea groups is 1. The summed E-state index contributed by atoms with van der Waals surface area (Å²) in [6.07, 6.45) is 1.06. The summed E-state index contributed by atoms with van der Waals surface area (Å²) < 4.78 is 0. The molecule has 2 rings (SSSR count). The first-order valence-corrected chi connectivity index (χ1v) is 7.74. The van der Waals surface area contributed by atoms with Crippen LogP contribution < -0.4 is 5.32 Å². The Labute approximate surface area is 131 Å². The summed E-state index contributed by atoms with van der Waals surface area (Å²) in [4.78, 5) is 24.9. The average Bonchev–Trinajstić information content (AvgIpc) is 2.50. The van der Waals surface area contributed by atoms with E-state index in [1.807, 2.05) is 13.0 Å². The Bertz CT molecular complexity index is 563. The highest BCUT2D eigenvalue weighted by molar-refractivity contribution is 5.75. The molecule has 0 radical (unpaired) electrons. The first-order valence-electron chi connectivity index (χ1n) is 7.74. The zero-order valence-corrected chi connectivity index (χ0v) is 13.4. The number of hydrogen-bond donors (Lipinski definition) is 2. The molecule has 0 aliphatic carbocycles. The fourth-order valence-electron chi connectivity index (χ4n) is 2.72. The van der Waals surface area contributed by atoms with Crippen molar-refractivity contribution in [2.24, 2.45) is 5.92 Å². The summed E-state index contributed by atoms with van der Waals surface area (Å²) in [6, 6.07) is 6.01. The van der Waals surface area contributed by atoms with Crippen LogP contribution in [0.3, 0.4) is 0 Å². The second kappa shape index (κ2) is 6.81. The van der Waals surface area contributed by atoms with Gasteiger partial charge in [-0.1, -0.05) is 18.2 Å². The van der Waals surface area contributed by atoms with Gasteiger partial charge in [-0.2, -0.15) is 0 Å². The lowest BCUT2D eigenvalue weighted by Crippen LogP contribution is -2.46. The first-order chi connectivity index (χ1) is 10.4. The van der Waals surface area contributed by atoms with Crippen LogP contribution in [0.25, 0.3) is 0 Å². The van der Waals surface area contributed by atoms with Gasteiger partial charge < -0.3 is 15.3 Å². The van der Waals surface area contributed by atoms with Gasteiger partial charge in [0.25, 0.3) is 0 Å². The fraction of sp³-hybridized carbons (Fsp3) is 0.529. The second-order valence-electron chi connectivity index (χ2n) is 6.11. The highest BCUT2D eigenvalue weighted by Crippen LogP contribution is 2.20. The van der Waals surface area contributed by atoms with Gasteiger partial charge in [0.15, 0.2) is 0 Å². The van der Waals surface area contributed by atoms with Crippen molar-refractivity contribution in [3.8, 4) is 0 Å². The Morgan fingerprint density at radius 2 is 1.86 bits per heavy atom. The van der Waals surface area contributed by atoms with E-state index in [2.05, 4.69) is 31.3 Å². The van der Waals surface area contributed by atoms with E-state index in [0.29, 0.717) is 25.9 Å². The molecular weight excluding hydrogens is 280 g/mol. The Balaban J connectivity index is 1.91. The largest absolute Gasteiger partial charge is 0.481 e. The van der Waals surface area contributed by atoms with E-state index in [1.54, 1.807) is 4.90 Å². The Morgan fingerprint density at radius 3 is 2.41 bits per heavy atom. The third-order valence-electron chi connectivity index (χ3n) is 4.50. The van der Waals surface area contributed by atoms with Crippen LogP contribution in [0.2, 0.25) is 0 Å². The summed E-state index contributed by atoms with van der Waals surface area (Å²) >= 11 is 0. The number of rotatable bonds is 3. The van der Waals surface area contributed by atoms with Crippen LogP contribution in [0, 0.1) is 19.8 Å². The van der Waals surface area contributed by atoms with Gasteiger partial charge in [-0.15, -0.1) is 0 Å². The molecule has 1 aliphatic rings. The molecule has 2 amide bonds. The normalized spacial score (nSPS) is 17.1. The maximum absolute atomic E-state index is 12.3. The van der Waals surface area contributed by atoms with Crippen LogP contribution in [0.15, 0.2) is 18.2 Å². The summed E-state index contributed by atoms with van der Waals surface area (Å²) in [7, 11) is 0. The van der Waals surface area contributed by atoms with E-state index in [0.717, 1.165) is 5.56 Å². The lowest BCUT2D eigenvalue weighted by molar-refractivity contribution is -0.143. The zero-order chi connectivity index (χ0) is 16.3. The molecular formula is C17H24N2O3. The molecule has 1 aliphatic heterocycles. The summed E-state index contributed by atoms with van der Waals surface area (Å²) in [5.41, 5.74) is 3.52. The number of aliphatic carboxylic acids is 1. The number of aryl methyl sites for hydroxylation is 2. The van der Waals surface area contributed by atoms with Crippen molar-refractivity contribution in [3.05, 3.63) is 34.9 Å². The monoisotopic (exact) mass is 304 g/mol. The van der Waals surface area contributed by atoms with E-state index < -0.39 is 5.97 Å². The molecule has 22 heavy (non-hydrogen) atoms. The highest BCUT2D eigenvalue weighted by atomic mass is 16.4. The summed E-state index contributed by atoms with van der Waals surface area (Å²) in [6.45, 7) is 7.09. The molecule has 2 N–H and O–H groups in total. The highest BCUT2D eigenvalue weighted by Gasteiger charge is 2.27. The third-order valence-corrected chi connectivity index (χ3v) is 4.50. The predicted octanol–water partition coefficient (Wildman–Crippen LogP) is 2.87. The number of carboxylic acid groups (broad SMARTS) is 1. The van der Waals surface area contributed by atoms with Crippen molar-refractivity contribution in [2.75, 3.05) is 13.1 Å². The number of benzene rings is 1. The van der Waals surface area contributed by atoms with E-state index in [4.69, 9.17) is 5.11 Å². The van der Waals surface area contributed by atoms with Gasteiger partial charge in [0.05, 0.1) is 12.0 Å². The topological polar surface area (TPSA) is 69.6 Å². The fourth-order valence-corrected chi connectivity index (χ4v) is 2.72. The Morgan fingerprint density at radius 1 is 1.23 bits per heavy atom. The predicted molar refractivity (Wildman–Crippen MR) is 84.8 cm³/mol. The Kier molecular flexibility index (Phi) is 5.06. The van der Waals surface area contributed by atoms with Crippen molar-refractivity contribution in [2.45, 2.75) is 39.7 Å². The van der Waals surface area contributed by atoms with Gasteiger partial charge in [-0.3, -0.25) is 4.79 Å². The second-order valence-corrected chi connectivity index (χ2v) is 6.11. The minimum atomic E-state index is -0.761. The van der Waals surface area contributed by atoms with Crippen molar-refractivity contribution in [3.63, 3.8) is 0 Å². The van der Waals surface area contributed by atoms with Gasteiger partial charge in [0.2, 0.25) is 0 Å². The van der Waals surface area contributed by atoms with E-state index in [1.165, 1.54) is 11.1 Å². The maximum atomic E-state index is 12.3. The molecule has 5 nitrogen and oxygen atoms in total. The number of carbonyl (C=O) groups is 2. The molecule has 1 unspecified atom stereocenters. The summed E-state index contributed by atoms with van der Waals surface area (Å²) in [5, 5.41) is 12.0. The van der Waals surface area contributed by atoms with E-state index in [9.17, 15) is 9.59 Å². The van der Waals surface area contributed by atoms with Crippen LogP contribution in [0.5, 0.6) is 0 Å². The van der Waals surface area contributed by atoms with Crippen LogP contribution in [-0.2, 0) is 4.79 Å². The Hall–Kier alpha value is -2.04. The lowest BCUT2D eigenvalue weighted by Gasteiger charge is -2.31. The van der Waals surface area contributed by atoms with Crippen molar-refractivity contribution in [1.82, 2.24) is 10.2 Å². The molecule has 120 valence electrons. The quantitative estimate of drug-likeness (QED) is 0.902. The van der Waals surface area contributed by atoms with Gasteiger partial charge in [-0.05, 0) is 50.3 Å². The number of hydrogen-bond acceptors (Lipinski definition) is 2. The van der Waals surface area contributed by atoms with Gasteiger partial charge in [0.1, 0.15) is 0 Å². The molecule has 1 fully saturated rings. The number of carbonyl (C=O) groups excluding carboxylic acids is 1. The zero-order valence-electron chi connectivity index (χ0n) is 13.4. The molecule has 0 bridgehead atoms. The van der Waals surface area contributed by atoms with Crippen LogP contribution in [-0.4, -0.2) is 35.1 Å². The smallest absolute Gasteiger partial charge is 0.317 e. The van der Waals surface area contributed by atoms with Crippen molar-refractivity contribution >= 4 is 12.0 Å². The number of likely N-dealkylation sites (tertiary alicyclic amines) is 1. The molecule has 1 aromatic rings. The van der Waals surface area contributed by atoms with E-state index in [-0.39, 0.29) is 18.0 Å². The molecule has 1 aromatic carbocycles.